The Labute approximate surface area is 107 Å². The number of hydrogen-bond donors (Lipinski definition) is 0. The van der Waals surface area contributed by atoms with E-state index in [0.29, 0.717) is 12.5 Å². The third-order valence-corrected chi connectivity index (χ3v) is 2.19. The van der Waals surface area contributed by atoms with Crippen LogP contribution in [0.3, 0.4) is 0 Å². The zero-order chi connectivity index (χ0) is 13.4. The van der Waals surface area contributed by atoms with Gasteiger partial charge in [0.25, 0.3) is 0 Å². The van der Waals surface area contributed by atoms with Crippen LogP contribution in [-0.2, 0) is 6.61 Å². The van der Waals surface area contributed by atoms with Gasteiger partial charge in [0.1, 0.15) is 12.4 Å². The van der Waals surface area contributed by atoms with Crippen LogP contribution < -0.4 is 4.74 Å². The SMILES string of the molecule is CC.Cc1ccnc(OCc2ccc(F)cc2)c1. The lowest BCUT2D eigenvalue weighted by molar-refractivity contribution is 0.293. The largest absolute Gasteiger partial charge is 0.473 e. The molecule has 0 amide bonds. The lowest BCUT2D eigenvalue weighted by atomic mass is 10.2. The van der Waals surface area contributed by atoms with Crippen molar-refractivity contribution >= 4 is 0 Å². The highest BCUT2D eigenvalue weighted by Crippen LogP contribution is 2.11. The molecule has 0 atom stereocenters. The van der Waals surface area contributed by atoms with Gasteiger partial charge in [-0.1, -0.05) is 26.0 Å². The fraction of sp³-hybridized carbons (Fsp3) is 0.267. The summed E-state index contributed by atoms with van der Waals surface area (Å²) in [5.74, 6) is 0.349. The summed E-state index contributed by atoms with van der Waals surface area (Å²) in [7, 11) is 0. The normalized spacial score (nSPS) is 9.33. The van der Waals surface area contributed by atoms with E-state index in [1.165, 1.54) is 12.1 Å². The summed E-state index contributed by atoms with van der Waals surface area (Å²) in [6, 6.07) is 10.0. The quantitative estimate of drug-likeness (QED) is 0.813. The molecule has 0 aliphatic heterocycles. The van der Waals surface area contributed by atoms with Crippen LogP contribution in [0, 0.1) is 12.7 Å². The van der Waals surface area contributed by atoms with Crippen LogP contribution in [0.1, 0.15) is 25.0 Å². The summed E-state index contributed by atoms with van der Waals surface area (Å²) in [5.41, 5.74) is 2.02. The number of nitrogens with zero attached hydrogens (tertiary/aromatic N) is 1. The molecule has 3 heteroatoms. The summed E-state index contributed by atoms with van der Waals surface area (Å²) in [6.07, 6.45) is 1.70. The van der Waals surface area contributed by atoms with Crippen molar-refractivity contribution in [3.8, 4) is 5.88 Å². The van der Waals surface area contributed by atoms with Crippen molar-refractivity contribution in [1.82, 2.24) is 4.98 Å². The zero-order valence-corrected chi connectivity index (χ0v) is 11.0. The van der Waals surface area contributed by atoms with Crippen molar-refractivity contribution < 1.29 is 9.13 Å². The van der Waals surface area contributed by atoms with Gasteiger partial charge in [-0.05, 0) is 36.2 Å². The maximum atomic E-state index is 12.6. The summed E-state index contributed by atoms with van der Waals surface area (Å²) in [5, 5.41) is 0. The van der Waals surface area contributed by atoms with E-state index in [1.54, 1.807) is 18.3 Å². The van der Waals surface area contributed by atoms with Crippen LogP contribution in [0.25, 0.3) is 0 Å². The first-order valence-corrected chi connectivity index (χ1v) is 6.04. The fourth-order valence-electron chi connectivity index (χ4n) is 1.33. The van der Waals surface area contributed by atoms with E-state index in [0.717, 1.165) is 11.1 Å². The molecule has 1 aromatic carbocycles. The Balaban J connectivity index is 0.000000771. The van der Waals surface area contributed by atoms with Gasteiger partial charge in [-0.2, -0.15) is 0 Å². The molecule has 0 fully saturated rings. The van der Waals surface area contributed by atoms with Crippen LogP contribution >= 0.6 is 0 Å². The van der Waals surface area contributed by atoms with Crippen LogP contribution in [-0.4, -0.2) is 4.98 Å². The molecule has 0 saturated carbocycles. The first-order valence-electron chi connectivity index (χ1n) is 6.04. The van der Waals surface area contributed by atoms with Crippen LogP contribution in [0.5, 0.6) is 5.88 Å². The van der Waals surface area contributed by atoms with Crippen molar-refractivity contribution in [2.75, 3.05) is 0 Å². The lowest BCUT2D eigenvalue weighted by Crippen LogP contribution is -1.97. The molecule has 0 aliphatic carbocycles. The van der Waals surface area contributed by atoms with Gasteiger partial charge in [0, 0.05) is 12.3 Å². The zero-order valence-electron chi connectivity index (χ0n) is 11.0. The van der Waals surface area contributed by atoms with Gasteiger partial charge in [-0.15, -0.1) is 0 Å². The molecular weight excluding hydrogens is 229 g/mol. The van der Waals surface area contributed by atoms with Crippen molar-refractivity contribution in [2.45, 2.75) is 27.4 Å². The second-order valence-electron chi connectivity index (χ2n) is 3.59. The molecule has 2 nitrogen and oxygen atoms in total. The molecule has 1 heterocycles. The molecule has 0 spiro atoms. The second kappa shape index (κ2) is 7.43. The summed E-state index contributed by atoms with van der Waals surface area (Å²) >= 11 is 0. The van der Waals surface area contributed by atoms with Gasteiger partial charge in [-0.3, -0.25) is 0 Å². The molecule has 0 radical (unpaired) electrons. The smallest absolute Gasteiger partial charge is 0.213 e. The summed E-state index contributed by atoms with van der Waals surface area (Å²) < 4.78 is 18.1. The first-order chi connectivity index (χ1) is 8.74. The average molecular weight is 247 g/mol. The van der Waals surface area contributed by atoms with Gasteiger partial charge in [0.15, 0.2) is 0 Å². The molecule has 0 aliphatic rings. The van der Waals surface area contributed by atoms with Crippen molar-refractivity contribution in [1.29, 1.82) is 0 Å². The highest BCUT2D eigenvalue weighted by atomic mass is 19.1. The third-order valence-electron chi connectivity index (χ3n) is 2.19. The fourth-order valence-corrected chi connectivity index (χ4v) is 1.33. The van der Waals surface area contributed by atoms with E-state index < -0.39 is 0 Å². The minimum absolute atomic E-state index is 0.238. The second-order valence-corrected chi connectivity index (χ2v) is 3.59. The molecule has 0 N–H and O–H groups in total. The van der Waals surface area contributed by atoms with E-state index >= 15 is 0 Å². The van der Waals surface area contributed by atoms with Gasteiger partial charge < -0.3 is 4.74 Å². The number of ether oxygens (including phenoxy) is 1. The maximum absolute atomic E-state index is 12.6. The Morgan fingerprint density at radius 3 is 2.39 bits per heavy atom. The van der Waals surface area contributed by atoms with Crippen LogP contribution in [0.2, 0.25) is 0 Å². The molecule has 2 rings (SSSR count). The Morgan fingerprint density at radius 2 is 1.78 bits per heavy atom. The number of hydrogen-bond acceptors (Lipinski definition) is 2. The lowest BCUT2D eigenvalue weighted by Gasteiger charge is -2.05. The topological polar surface area (TPSA) is 22.1 Å². The first kappa shape index (κ1) is 14.2. The number of rotatable bonds is 3. The number of benzene rings is 1. The number of aromatic nitrogens is 1. The third kappa shape index (κ3) is 4.53. The minimum Gasteiger partial charge on any atom is -0.473 e. The van der Waals surface area contributed by atoms with Crippen molar-refractivity contribution in [3.05, 3.63) is 59.5 Å². The van der Waals surface area contributed by atoms with Gasteiger partial charge >= 0.3 is 0 Å². The maximum Gasteiger partial charge on any atom is 0.213 e. The standard InChI is InChI=1S/C13H12FNO.C2H6/c1-10-6-7-15-13(8-10)16-9-11-2-4-12(14)5-3-11;1-2/h2-8H,9H2,1H3;1-2H3. The van der Waals surface area contributed by atoms with E-state index in [2.05, 4.69) is 4.98 Å². The van der Waals surface area contributed by atoms with Crippen molar-refractivity contribution in [3.63, 3.8) is 0 Å². The molecular formula is C15H18FNO. The molecule has 0 unspecified atom stereocenters. The molecule has 96 valence electrons. The van der Waals surface area contributed by atoms with Gasteiger partial charge in [0.2, 0.25) is 5.88 Å². The molecule has 0 saturated heterocycles. The highest BCUT2D eigenvalue weighted by Gasteiger charge is 1.97. The molecule has 2 aromatic rings. The summed E-state index contributed by atoms with van der Waals surface area (Å²) in [4.78, 5) is 4.08. The average Bonchev–Trinajstić information content (AvgIpc) is 2.41. The van der Waals surface area contributed by atoms with E-state index in [9.17, 15) is 4.39 Å². The summed E-state index contributed by atoms with van der Waals surface area (Å²) in [6.45, 7) is 6.38. The predicted molar refractivity (Wildman–Crippen MR) is 71.1 cm³/mol. The monoisotopic (exact) mass is 247 g/mol. The molecule has 1 aromatic heterocycles. The number of aryl methyl sites for hydroxylation is 1. The molecule has 18 heavy (non-hydrogen) atoms. The Bertz CT molecular complexity index is 468. The van der Waals surface area contributed by atoms with Crippen molar-refractivity contribution in [2.24, 2.45) is 0 Å². The van der Waals surface area contributed by atoms with E-state index in [4.69, 9.17) is 4.74 Å². The number of halogens is 1. The van der Waals surface area contributed by atoms with Gasteiger partial charge in [0.05, 0.1) is 0 Å². The predicted octanol–water partition coefficient (Wildman–Crippen LogP) is 4.13. The minimum atomic E-state index is -0.238. The molecule has 0 bridgehead atoms. The van der Waals surface area contributed by atoms with Crippen LogP contribution in [0.15, 0.2) is 42.6 Å². The Hall–Kier alpha value is -1.90. The Kier molecular flexibility index (Phi) is 5.85. The van der Waals surface area contributed by atoms with E-state index in [-0.39, 0.29) is 5.82 Å². The number of pyridine rings is 1. The highest BCUT2D eigenvalue weighted by molar-refractivity contribution is 5.20. The Morgan fingerprint density at radius 1 is 1.11 bits per heavy atom. The van der Waals surface area contributed by atoms with Crippen LogP contribution in [0.4, 0.5) is 4.39 Å². The van der Waals surface area contributed by atoms with Gasteiger partial charge in [-0.25, -0.2) is 9.37 Å². The van der Waals surface area contributed by atoms with E-state index in [1.807, 2.05) is 32.9 Å².